The van der Waals surface area contributed by atoms with E-state index < -0.39 is 0 Å². The van der Waals surface area contributed by atoms with E-state index in [9.17, 15) is 4.79 Å². The van der Waals surface area contributed by atoms with Gasteiger partial charge in [0.2, 0.25) is 0 Å². The van der Waals surface area contributed by atoms with Crippen molar-refractivity contribution in [1.29, 1.82) is 0 Å². The van der Waals surface area contributed by atoms with E-state index in [0.29, 0.717) is 12.1 Å². The number of H-pyrrole nitrogens is 1. The number of benzene rings is 1. The summed E-state index contributed by atoms with van der Waals surface area (Å²) < 4.78 is 0. The summed E-state index contributed by atoms with van der Waals surface area (Å²) in [4.78, 5) is 17.6. The Morgan fingerprint density at radius 1 is 1.25 bits per heavy atom. The SMILES string of the molecule is C=C(C(=O)NCCCSSCCN(C)C)c1c[nH]c2ccccc12. The first-order valence-electron chi connectivity index (χ1n) is 8.02. The Labute approximate surface area is 151 Å². The zero-order valence-electron chi connectivity index (χ0n) is 14.3. The molecule has 1 aromatic heterocycles. The van der Waals surface area contributed by atoms with Gasteiger partial charge in [-0.15, -0.1) is 0 Å². The molecule has 0 unspecified atom stereocenters. The third kappa shape index (κ3) is 5.61. The van der Waals surface area contributed by atoms with Gasteiger partial charge in [0.15, 0.2) is 0 Å². The molecule has 6 heteroatoms. The van der Waals surface area contributed by atoms with Gasteiger partial charge < -0.3 is 15.2 Å². The van der Waals surface area contributed by atoms with Crippen molar-refractivity contribution in [1.82, 2.24) is 15.2 Å². The van der Waals surface area contributed by atoms with E-state index in [0.717, 1.165) is 40.9 Å². The molecule has 1 aromatic carbocycles. The highest BCUT2D eigenvalue weighted by Crippen LogP contribution is 2.24. The number of fused-ring (bicyclic) bond motifs is 1. The second kappa shape index (κ2) is 9.81. The largest absolute Gasteiger partial charge is 0.361 e. The number of nitrogens with zero attached hydrogens (tertiary/aromatic N) is 1. The fourth-order valence-electron chi connectivity index (χ4n) is 2.22. The third-order valence-electron chi connectivity index (χ3n) is 3.58. The Morgan fingerprint density at radius 2 is 2.00 bits per heavy atom. The summed E-state index contributed by atoms with van der Waals surface area (Å²) in [5.74, 6) is 2.07. The summed E-state index contributed by atoms with van der Waals surface area (Å²) in [6.45, 7) is 5.74. The number of aromatic nitrogens is 1. The van der Waals surface area contributed by atoms with Gasteiger partial charge in [-0.1, -0.05) is 46.4 Å². The molecule has 0 saturated heterocycles. The normalized spacial score (nSPS) is 11.1. The first-order valence-corrected chi connectivity index (χ1v) is 10.5. The minimum Gasteiger partial charge on any atom is -0.361 e. The molecule has 0 bridgehead atoms. The standard InChI is InChI=1S/C18H25N3OS2/c1-14(16-13-20-17-8-5-4-7-15(16)17)18(22)19-9-6-11-23-24-12-10-21(2)3/h4-5,7-8,13,20H,1,6,9-12H2,2-3H3,(H,19,22). The minimum atomic E-state index is -0.0926. The molecule has 130 valence electrons. The van der Waals surface area contributed by atoms with Gasteiger partial charge in [-0.05, 0) is 26.6 Å². The van der Waals surface area contributed by atoms with Crippen LogP contribution in [-0.4, -0.2) is 54.5 Å². The van der Waals surface area contributed by atoms with Crippen LogP contribution in [0.3, 0.4) is 0 Å². The Hall–Kier alpha value is -1.37. The van der Waals surface area contributed by atoms with Gasteiger partial charge in [-0.2, -0.15) is 0 Å². The van der Waals surface area contributed by atoms with Crippen molar-refractivity contribution in [2.75, 3.05) is 38.7 Å². The minimum absolute atomic E-state index is 0.0926. The summed E-state index contributed by atoms with van der Waals surface area (Å²) in [6.07, 6.45) is 2.82. The fourth-order valence-corrected chi connectivity index (χ4v) is 4.44. The van der Waals surface area contributed by atoms with Gasteiger partial charge in [0.1, 0.15) is 0 Å². The average Bonchev–Trinajstić information content (AvgIpc) is 3.00. The number of rotatable bonds is 10. The van der Waals surface area contributed by atoms with Crippen LogP contribution in [0, 0.1) is 0 Å². The van der Waals surface area contributed by atoms with Crippen LogP contribution in [0.25, 0.3) is 16.5 Å². The second-order valence-electron chi connectivity index (χ2n) is 5.78. The van der Waals surface area contributed by atoms with Crippen molar-refractivity contribution in [3.8, 4) is 0 Å². The molecular weight excluding hydrogens is 338 g/mol. The fraction of sp³-hybridized carbons (Fsp3) is 0.389. The number of amides is 1. The Balaban J connectivity index is 1.68. The van der Waals surface area contributed by atoms with E-state index in [1.54, 1.807) is 0 Å². The molecule has 2 rings (SSSR count). The van der Waals surface area contributed by atoms with Gasteiger partial charge in [-0.3, -0.25) is 4.79 Å². The molecule has 0 fully saturated rings. The van der Waals surface area contributed by atoms with E-state index >= 15 is 0 Å². The Kier molecular flexibility index (Phi) is 7.75. The van der Waals surface area contributed by atoms with Crippen molar-refractivity contribution >= 4 is 44.0 Å². The number of carbonyl (C=O) groups is 1. The monoisotopic (exact) mass is 363 g/mol. The predicted octanol–water partition coefficient (Wildman–Crippen LogP) is 3.63. The highest BCUT2D eigenvalue weighted by Gasteiger charge is 2.13. The van der Waals surface area contributed by atoms with Crippen LogP contribution in [0.4, 0.5) is 0 Å². The molecule has 0 aliphatic heterocycles. The van der Waals surface area contributed by atoms with Crippen molar-refractivity contribution in [3.63, 3.8) is 0 Å². The molecule has 0 aliphatic carbocycles. The lowest BCUT2D eigenvalue weighted by Crippen LogP contribution is -2.25. The maximum atomic E-state index is 12.3. The molecule has 1 amide bonds. The number of hydrogen-bond donors (Lipinski definition) is 2. The van der Waals surface area contributed by atoms with Crippen LogP contribution in [0.1, 0.15) is 12.0 Å². The average molecular weight is 364 g/mol. The maximum absolute atomic E-state index is 12.3. The molecule has 0 aliphatic rings. The maximum Gasteiger partial charge on any atom is 0.251 e. The van der Waals surface area contributed by atoms with Crippen LogP contribution in [0.5, 0.6) is 0 Å². The summed E-state index contributed by atoms with van der Waals surface area (Å²) >= 11 is 0. The van der Waals surface area contributed by atoms with Crippen LogP contribution in [0.2, 0.25) is 0 Å². The molecule has 4 nitrogen and oxygen atoms in total. The highest BCUT2D eigenvalue weighted by molar-refractivity contribution is 8.76. The van der Waals surface area contributed by atoms with E-state index in [4.69, 9.17) is 0 Å². The van der Waals surface area contributed by atoms with Crippen molar-refractivity contribution in [2.45, 2.75) is 6.42 Å². The molecule has 0 saturated carbocycles. The number of aromatic amines is 1. The zero-order chi connectivity index (χ0) is 17.4. The van der Waals surface area contributed by atoms with Gasteiger partial charge in [0, 0.05) is 52.8 Å². The van der Waals surface area contributed by atoms with E-state index in [1.165, 1.54) is 0 Å². The third-order valence-corrected chi connectivity index (χ3v) is 6.05. The first-order chi connectivity index (χ1) is 11.6. The molecule has 0 atom stereocenters. The summed E-state index contributed by atoms with van der Waals surface area (Å²) in [7, 11) is 7.92. The van der Waals surface area contributed by atoms with Crippen LogP contribution in [0.15, 0.2) is 37.0 Å². The number of nitrogens with one attached hydrogen (secondary N) is 2. The molecule has 2 aromatic rings. The second-order valence-corrected chi connectivity index (χ2v) is 8.49. The van der Waals surface area contributed by atoms with Gasteiger partial charge in [0.25, 0.3) is 5.91 Å². The lowest BCUT2D eigenvalue weighted by molar-refractivity contribution is -0.115. The quantitative estimate of drug-likeness (QED) is 0.384. The topological polar surface area (TPSA) is 48.1 Å². The molecule has 0 spiro atoms. The Bertz CT molecular complexity index is 682. The lowest BCUT2D eigenvalue weighted by Gasteiger charge is -2.09. The van der Waals surface area contributed by atoms with Crippen LogP contribution >= 0.6 is 21.6 Å². The first kappa shape index (κ1) is 19.0. The number of para-hydroxylation sites is 1. The molecule has 24 heavy (non-hydrogen) atoms. The summed E-state index contributed by atoms with van der Waals surface area (Å²) in [5.41, 5.74) is 2.41. The van der Waals surface area contributed by atoms with Crippen LogP contribution in [-0.2, 0) is 4.79 Å². The highest BCUT2D eigenvalue weighted by atomic mass is 33.1. The molecule has 0 radical (unpaired) electrons. The van der Waals surface area contributed by atoms with Gasteiger partial charge in [0.05, 0.1) is 0 Å². The van der Waals surface area contributed by atoms with Crippen LogP contribution < -0.4 is 5.32 Å². The molecule has 1 heterocycles. The Morgan fingerprint density at radius 3 is 2.79 bits per heavy atom. The van der Waals surface area contributed by atoms with E-state index in [1.807, 2.05) is 52.1 Å². The number of hydrogen-bond acceptors (Lipinski definition) is 4. The van der Waals surface area contributed by atoms with Crippen molar-refractivity contribution in [3.05, 3.63) is 42.6 Å². The van der Waals surface area contributed by atoms with E-state index in [2.05, 4.69) is 35.9 Å². The summed E-state index contributed by atoms with van der Waals surface area (Å²) in [5, 5.41) is 3.99. The lowest BCUT2D eigenvalue weighted by atomic mass is 10.1. The van der Waals surface area contributed by atoms with Gasteiger partial charge >= 0.3 is 0 Å². The summed E-state index contributed by atoms with van der Waals surface area (Å²) in [6, 6.07) is 7.94. The predicted molar refractivity (Wildman–Crippen MR) is 108 cm³/mol. The molecule has 2 N–H and O–H groups in total. The smallest absolute Gasteiger partial charge is 0.251 e. The number of carbonyl (C=O) groups excluding carboxylic acids is 1. The molecular formula is C18H25N3OS2. The van der Waals surface area contributed by atoms with Crippen molar-refractivity contribution in [2.24, 2.45) is 0 Å². The van der Waals surface area contributed by atoms with E-state index in [-0.39, 0.29) is 5.91 Å². The van der Waals surface area contributed by atoms with Crippen molar-refractivity contribution < 1.29 is 4.79 Å². The van der Waals surface area contributed by atoms with Gasteiger partial charge in [-0.25, -0.2) is 0 Å². The zero-order valence-corrected chi connectivity index (χ0v) is 15.9.